The first-order valence-corrected chi connectivity index (χ1v) is 13.9. The molecule has 0 aliphatic heterocycles. The third-order valence-electron chi connectivity index (χ3n) is 5.49. The van der Waals surface area contributed by atoms with Crippen molar-refractivity contribution in [2.24, 2.45) is 0 Å². The molecule has 0 saturated carbocycles. The van der Waals surface area contributed by atoms with E-state index in [0.717, 1.165) is 0 Å². The zero-order valence-corrected chi connectivity index (χ0v) is 23.1. The molecule has 0 radical (unpaired) electrons. The molecule has 9 nitrogen and oxygen atoms in total. The van der Waals surface area contributed by atoms with Gasteiger partial charge >= 0.3 is 59.4 Å². The summed E-state index contributed by atoms with van der Waals surface area (Å²) in [6, 6.07) is -2.03. The smallest absolute Gasteiger partial charge is 0.458 e. The molecule has 1 rings (SSSR count). The number of nitrogens with zero attached hydrogens (tertiary/aromatic N) is 1. The number of carbonyl (C=O) groups is 1. The van der Waals surface area contributed by atoms with Crippen molar-refractivity contribution in [1.82, 2.24) is 0 Å². The predicted octanol–water partition coefficient (Wildman–Crippen LogP) is 5.92. The summed E-state index contributed by atoms with van der Waals surface area (Å²) in [6.07, 6.45) is -13.1. The first kappa shape index (κ1) is 42.7. The first-order valence-electron chi connectivity index (χ1n) is 10.7. The molecule has 0 aromatic heterocycles. The lowest BCUT2D eigenvalue weighted by Gasteiger charge is -2.38. The van der Waals surface area contributed by atoms with E-state index in [1.165, 1.54) is 0 Å². The minimum Gasteiger partial charge on any atom is -0.458 e. The minimum absolute atomic E-state index is 0.538. The maximum absolute atomic E-state index is 13.8. The van der Waals surface area contributed by atoms with E-state index in [-0.39, 0.29) is 0 Å². The average Bonchev–Trinajstić information content (AvgIpc) is 2.89. The highest BCUT2D eigenvalue weighted by molar-refractivity contribution is 7.93. The number of nitro benzene ring substituents is 1. The molecule has 48 heavy (non-hydrogen) atoms. The Morgan fingerprint density at radius 1 is 0.750 bits per heavy atom. The summed E-state index contributed by atoms with van der Waals surface area (Å²) in [5, 5.41) is 4.04. The number of ether oxygens (including phenoxy) is 1. The molecule has 0 unspecified atom stereocenters. The molecule has 0 saturated heterocycles. The molecule has 0 amide bonds. The molecule has 0 spiro atoms. The van der Waals surface area contributed by atoms with Crippen LogP contribution in [0, 0.1) is 10.1 Å². The van der Waals surface area contributed by atoms with Crippen molar-refractivity contribution < 1.29 is 115 Å². The molecule has 0 fully saturated rings. The Kier molecular flexibility index (Phi) is 10.9. The van der Waals surface area contributed by atoms with Crippen molar-refractivity contribution in [1.29, 1.82) is 0 Å². The zero-order chi connectivity index (χ0) is 38.7. The fourth-order valence-electron chi connectivity index (χ4n) is 2.86. The number of rotatable bonds is 14. The molecule has 0 heterocycles. The van der Waals surface area contributed by atoms with Crippen LogP contribution >= 0.6 is 0 Å². The second kappa shape index (κ2) is 12.2. The van der Waals surface area contributed by atoms with E-state index in [1.807, 2.05) is 0 Å². The highest BCUT2D eigenvalue weighted by Gasteiger charge is 2.88. The van der Waals surface area contributed by atoms with Gasteiger partial charge < -0.3 is 4.74 Å². The van der Waals surface area contributed by atoms with Crippen molar-refractivity contribution in [3.63, 3.8) is 0 Å². The fourth-order valence-corrected chi connectivity index (χ4v) is 5.40. The third-order valence-corrected chi connectivity index (χ3v) is 8.93. The number of hydrogen-bond acceptors (Lipinski definition) is 8. The number of sulfone groups is 2. The highest BCUT2D eigenvalue weighted by atomic mass is 32.2. The van der Waals surface area contributed by atoms with E-state index >= 15 is 0 Å². The molecule has 0 atom stereocenters. The molecule has 278 valence electrons. The average molecular weight is 791 g/mol. The predicted molar refractivity (Wildman–Crippen MR) is 110 cm³/mol. The lowest BCUT2D eigenvalue weighted by atomic mass is 9.94. The van der Waals surface area contributed by atoms with Crippen LogP contribution < -0.4 is 0 Å². The third kappa shape index (κ3) is 6.63. The molecule has 0 bridgehead atoms. The van der Waals surface area contributed by atoms with E-state index in [2.05, 4.69) is 4.74 Å². The molecular formula is C18H8F19NO8S2. The number of alkyl halides is 19. The summed E-state index contributed by atoms with van der Waals surface area (Å²) in [5.41, 5.74) is -2.35. The van der Waals surface area contributed by atoms with Crippen molar-refractivity contribution in [3.05, 3.63) is 28.3 Å². The van der Waals surface area contributed by atoms with Crippen molar-refractivity contribution in [2.75, 3.05) is 12.4 Å². The van der Waals surface area contributed by atoms with E-state index in [1.54, 1.807) is 0 Å². The van der Waals surface area contributed by atoms with E-state index < -0.39 is 130 Å². The van der Waals surface area contributed by atoms with Gasteiger partial charge in [0.2, 0.25) is 0 Å². The van der Waals surface area contributed by atoms with Gasteiger partial charge in [-0.3, -0.25) is 14.9 Å². The Hall–Kier alpha value is -3.34. The van der Waals surface area contributed by atoms with Gasteiger partial charge in [-0.2, -0.15) is 74.6 Å². The SMILES string of the molecule is O=C(CS(=O)(=O)c1ccc(S(=O)(=O)C(F)(F)C(F)(F)C(F)(F)F)cc1[N+](=O)[O-])OCC(F)(F)C(F)(F)C(F)(F)C(F)(F)C(F)(F)C(F)F. The van der Waals surface area contributed by atoms with Crippen LogP contribution in [-0.2, 0) is 29.2 Å². The van der Waals surface area contributed by atoms with Crippen LogP contribution in [0.4, 0.5) is 89.1 Å². The summed E-state index contributed by atoms with van der Waals surface area (Å²) < 4.78 is 301. The quantitative estimate of drug-likeness (QED) is 0.0981. The maximum Gasteiger partial charge on any atom is 0.461 e. The van der Waals surface area contributed by atoms with Crippen molar-refractivity contribution in [2.45, 2.75) is 63.2 Å². The number of carbonyl (C=O) groups excluding carboxylic acids is 1. The normalized spacial score (nSPS) is 15.1. The molecular weight excluding hydrogens is 783 g/mol. The van der Waals surface area contributed by atoms with Crippen LogP contribution in [0.5, 0.6) is 0 Å². The highest BCUT2D eigenvalue weighted by Crippen LogP contribution is 2.58. The van der Waals surface area contributed by atoms with Crippen LogP contribution in [0.1, 0.15) is 0 Å². The van der Waals surface area contributed by atoms with Gasteiger partial charge in [-0.1, -0.05) is 0 Å². The van der Waals surface area contributed by atoms with Crippen LogP contribution in [0.25, 0.3) is 0 Å². The maximum atomic E-state index is 13.8. The van der Waals surface area contributed by atoms with Gasteiger partial charge in [0.1, 0.15) is 4.90 Å². The van der Waals surface area contributed by atoms with Crippen LogP contribution in [0.2, 0.25) is 0 Å². The largest absolute Gasteiger partial charge is 0.461 e. The second-order valence-electron chi connectivity index (χ2n) is 8.75. The fraction of sp³-hybridized carbons (Fsp3) is 0.611. The van der Waals surface area contributed by atoms with E-state index in [4.69, 9.17) is 0 Å². The monoisotopic (exact) mass is 791 g/mol. The first-order chi connectivity index (χ1) is 20.8. The lowest BCUT2D eigenvalue weighted by Crippen LogP contribution is -2.69. The van der Waals surface area contributed by atoms with Crippen LogP contribution in [0.15, 0.2) is 28.0 Å². The number of benzene rings is 1. The Labute approximate surface area is 250 Å². The van der Waals surface area contributed by atoms with Crippen LogP contribution in [-0.4, -0.2) is 93.5 Å². The number of hydrogen-bond donors (Lipinski definition) is 0. The minimum atomic E-state index is -8.09. The summed E-state index contributed by atoms with van der Waals surface area (Å²) in [5.74, 6) is -51.2. The Bertz CT molecular complexity index is 1640. The molecule has 1 aromatic carbocycles. The topological polar surface area (TPSA) is 138 Å². The molecule has 0 aliphatic rings. The van der Waals surface area contributed by atoms with Gasteiger partial charge in [0.25, 0.3) is 15.5 Å². The Morgan fingerprint density at radius 2 is 1.21 bits per heavy atom. The van der Waals surface area contributed by atoms with Gasteiger partial charge in [-0.15, -0.1) is 0 Å². The summed E-state index contributed by atoms with van der Waals surface area (Å²) in [6.45, 7) is -3.65. The van der Waals surface area contributed by atoms with Crippen molar-refractivity contribution >= 4 is 31.3 Å². The van der Waals surface area contributed by atoms with Gasteiger partial charge in [0.05, 0.1) is 9.82 Å². The molecule has 0 N–H and O–H groups in total. The molecule has 0 aliphatic carbocycles. The standard InChI is InChI=1S/C18H8F19NO8S2/c19-10(20)12(23,24)14(27,28)15(29,30)13(25,26)11(21,22)5-46-9(39)4-47(42,43)8-2-1-6(3-7(8)38(40)41)48(44,45)18(36,37)16(31,32)17(33,34)35/h1-3,10H,4-5H2. The van der Waals surface area contributed by atoms with Crippen LogP contribution in [0.3, 0.4) is 0 Å². The van der Waals surface area contributed by atoms with Gasteiger partial charge in [0.15, 0.2) is 22.2 Å². The van der Waals surface area contributed by atoms with Gasteiger partial charge in [0, 0.05) is 6.07 Å². The zero-order valence-electron chi connectivity index (χ0n) is 21.4. The number of nitro groups is 1. The molecule has 30 heteroatoms. The number of esters is 1. The summed E-state index contributed by atoms with van der Waals surface area (Å²) in [7, 11) is -13.3. The lowest BCUT2D eigenvalue weighted by molar-refractivity contribution is -0.414. The van der Waals surface area contributed by atoms with Gasteiger partial charge in [-0.25, -0.2) is 25.6 Å². The number of halogens is 19. The summed E-state index contributed by atoms with van der Waals surface area (Å²) >= 11 is 0. The Balaban J connectivity index is 3.46. The van der Waals surface area contributed by atoms with Crippen molar-refractivity contribution in [3.8, 4) is 0 Å². The van der Waals surface area contributed by atoms with E-state index in [9.17, 15) is 115 Å². The summed E-state index contributed by atoms with van der Waals surface area (Å²) in [4.78, 5) is 16.2. The van der Waals surface area contributed by atoms with E-state index in [0.29, 0.717) is 0 Å². The molecule has 1 aromatic rings. The Morgan fingerprint density at radius 3 is 1.60 bits per heavy atom. The second-order valence-corrected chi connectivity index (χ2v) is 12.7. The van der Waals surface area contributed by atoms with Gasteiger partial charge in [-0.05, 0) is 12.1 Å².